The van der Waals surface area contributed by atoms with Gasteiger partial charge in [-0.2, -0.15) is 0 Å². The number of aromatic amines is 1. The van der Waals surface area contributed by atoms with Crippen molar-refractivity contribution in [1.29, 1.82) is 0 Å². The monoisotopic (exact) mass is 464 g/mol. The van der Waals surface area contributed by atoms with E-state index >= 15 is 0 Å². The summed E-state index contributed by atoms with van der Waals surface area (Å²) in [5.74, 6) is -0.913. The second kappa shape index (κ2) is 9.49. The van der Waals surface area contributed by atoms with Crippen molar-refractivity contribution in [2.24, 2.45) is 5.73 Å². The highest BCUT2D eigenvalue weighted by molar-refractivity contribution is 6.39. The normalized spacial score (nSPS) is 11.9. The molecule has 1 amide bonds. The van der Waals surface area contributed by atoms with E-state index in [9.17, 15) is 9.59 Å². The molecule has 0 fully saturated rings. The van der Waals surface area contributed by atoms with E-state index in [1.54, 1.807) is 37.3 Å². The number of esters is 1. The number of rotatable bonds is 8. The predicted molar refractivity (Wildman–Crippen MR) is 119 cm³/mol. The number of carbonyl (C=O) groups excluding carboxylic acids is 2. The van der Waals surface area contributed by atoms with E-state index in [0.29, 0.717) is 43.6 Å². The van der Waals surface area contributed by atoms with Crippen LogP contribution in [0.2, 0.25) is 10.0 Å². The highest BCUT2D eigenvalue weighted by atomic mass is 35.5. The first kappa shape index (κ1) is 22.8. The minimum absolute atomic E-state index is 0.111. The number of hydrogen-bond acceptors (Lipinski definition) is 5. The van der Waals surface area contributed by atoms with Crippen LogP contribution in [0.25, 0.3) is 10.9 Å². The summed E-state index contributed by atoms with van der Waals surface area (Å²) in [5.41, 5.74) is 7.64. The Bertz CT molecular complexity index is 1140. The van der Waals surface area contributed by atoms with E-state index in [2.05, 4.69) is 4.98 Å². The summed E-state index contributed by atoms with van der Waals surface area (Å²) >= 11 is 12.6. The molecule has 2 aromatic carbocycles. The summed E-state index contributed by atoms with van der Waals surface area (Å²) in [6.07, 6.45) is 0.111. The lowest BCUT2D eigenvalue weighted by atomic mass is 9.89. The molecule has 0 aliphatic carbocycles. The van der Waals surface area contributed by atoms with Crippen molar-refractivity contribution >= 4 is 46.0 Å². The Morgan fingerprint density at radius 1 is 1.10 bits per heavy atom. The van der Waals surface area contributed by atoms with E-state index < -0.39 is 17.8 Å². The Kier molecular flexibility index (Phi) is 6.97. The third kappa shape index (κ3) is 4.57. The molecule has 1 aromatic heterocycles. The molecule has 0 saturated heterocycles. The van der Waals surface area contributed by atoms with Crippen LogP contribution in [0.3, 0.4) is 0 Å². The molecule has 3 aromatic rings. The fourth-order valence-corrected chi connectivity index (χ4v) is 4.16. The molecule has 1 heterocycles. The third-order valence-electron chi connectivity index (χ3n) is 4.96. The van der Waals surface area contributed by atoms with E-state index in [4.69, 9.17) is 43.1 Å². The van der Waals surface area contributed by atoms with Gasteiger partial charge in [0.25, 0.3) is 0 Å². The molecule has 0 saturated carbocycles. The van der Waals surface area contributed by atoms with Gasteiger partial charge in [0.15, 0.2) is 11.5 Å². The molecular weight excluding hydrogens is 443 g/mol. The summed E-state index contributed by atoms with van der Waals surface area (Å²) in [7, 11) is 3.02. The first-order valence-corrected chi connectivity index (χ1v) is 10.2. The average molecular weight is 465 g/mol. The Morgan fingerprint density at radius 2 is 1.81 bits per heavy atom. The molecule has 1 atom stereocenters. The van der Waals surface area contributed by atoms with Crippen molar-refractivity contribution in [3.05, 3.63) is 57.2 Å². The smallest absolute Gasteiger partial charge is 0.355 e. The standard InChI is InChI=1S/C22H22Cl2N2O5/c1-4-31-22(28)20-14(19-15(24)8-12(23)9-16(19)26-20)10-13(21(25)27)11-5-6-17(29-2)18(7-11)30-3/h5-9,13,26H,4,10H2,1-3H3,(H2,25,27). The summed E-state index contributed by atoms with van der Waals surface area (Å²) in [4.78, 5) is 28.1. The Hall–Kier alpha value is -2.90. The second-order valence-electron chi connectivity index (χ2n) is 6.78. The number of H-pyrrole nitrogens is 1. The Labute approximate surface area is 189 Å². The first-order valence-electron chi connectivity index (χ1n) is 9.48. The second-order valence-corrected chi connectivity index (χ2v) is 7.63. The van der Waals surface area contributed by atoms with Crippen molar-refractivity contribution in [2.75, 3.05) is 20.8 Å². The number of methoxy groups -OCH3 is 2. The SMILES string of the molecule is CCOC(=O)c1[nH]c2cc(Cl)cc(Cl)c2c1CC(C(N)=O)c1ccc(OC)c(OC)c1. The predicted octanol–water partition coefficient (Wildman–Crippen LogP) is 4.48. The van der Waals surface area contributed by atoms with Gasteiger partial charge in [-0.05, 0) is 48.7 Å². The largest absolute Gasteiger partial charge is 0.493 e. The number of benzene rings is 2. The third-order valence-corrected chi connectivity index (χ3v) is 5.48. The summed E-state index contributed by atoms with van der Waals surface area (Å²) in [6.45, 7) is 1.90. The molecular formula is C22H22Cl2N2O5. The zero-order valence-corrected chi connectivity index (χ0v) is 18.8. The van der Waals surface area contributed by atoms with Crippen LogP contribution < -0.4 is 15.2 Å². The van der Waals surface area contributed by atoms with E-state index in [-0.39, 0.29) is 18.7 Å². The maximum Gasteiger partial charge on any atom is 0.355 e. The topological polar surface area (TPSA) is 104 Å². The van der Waals surface area contributed by atoms with E-state index in [1.165, 1.54) is 14.2 Å². The summed E-state index contributed by atoms with van der Waals surface area (Å²) in [5, 5.41) is 1.34. The first-order chi connectivity index (χ1) is 14.8. The summed E-state index contributed by atoms with van der Waals surface area (Å²) < 4.78 is 15.8. The molecule has 0 radical (unpaired) electrons. The zero-order valence-electron chi connectivity index (χ0n) is 17.3. The molecule has 0 spiro atoms. The van der Waals surface area contributed by atoms with E-state index in [1.807, 2.05) is 0 Å². The number of nitrogens with one attached hydrogen (secondary N) is 1. The number of amides is 1. The number of ether oxygens (including phenoxy) is 3. The quantitative estimate of drug-likeness (QED) is 0.478. The Morgan fingerprint density at radius 3 is 2.42 bits per heavy atom. The van der Waals surface area contributed by atoms with Gasteiger partial charge in [-0.25, -0.2) is 4.79 Å². The van der Waals surface area contributed by atoms with Crippen LogP contribution in [0, 0.1) is 0 Å². The van der Waals surface area contributed by atoms with Gasteiger partial charge in [0.2, 0.25) is 5.91 Å². The molecule has 9 heteroatoms. The van der Waals surface area contributed by atoms with Gasteiger partial charge in [0.1, 0.15) is 5.69 Å². The fourth-order valence-electron chi connectivity index (χ4n) is 3.55. The van der Waals surface area contributed by atoms with Crippen LogP contribution in [-0.4, -0.2) is 37.7 Å². The highest BCUT2D eigenvalue weighted by Gasteiger charge is 2.27. The zero-order chi connectivity index (χ0) is 22.7. The van der Waals surface area contributed by atoms with Gasteiger partial charge in [0.05, 0.1) is 31.8 Å². The number of carbonyl (C=O) groups is 2. The van der Waals surface area contributed by atoms with Crippen LogP contribution in [0.1, 0.15) is 34.5 Å². The number of primary amides is 1. The molecule has 1 unspecified atom stereocenters. The number of aromatic nitrogens is 1. The van der Waals surface area contributed by atoms with Gasteiger partial charge in [0, 0.05) is 15.9 Å². The minimum atomic E-state index is -0.765. The summed E-state index contributed by atoms with van der Waals surface area (Å²) in [6, 6.07) is 8.34. The van der Waals surface area contributed by atoms with E-state index in [0.717, 1.165) is 0 Å². The van der Waals surface area contributed by atoms with Gasteiger partial charge in [-0.15, -0.1) is 0 Å². The molecule has 0 bridgehead atoms. The Balaban J connectivity index is 2.16. The van der Waals surface area contributed by atoms with Gasteiger partial charge >= 0.3 is 5.97 Å². The molecule has 3 N–H and O–H groups in total. The van der Waals surface area contributed by atoms with Crippen LogP contribution in [-0.2, 0) is 16.0 Å². The molecule has 31 heavy (non-hydrogen) atoms. The van der Waals surface area contributed by atoms with Crippen LogP contribution >= 0.6 is 23.2 Å². The highest BCUT2D eigenvalue weighted by Crippen LogP contribution is 2.37. The molecule has 3 rings (SSSR count). The van der Waals surface area contributed by atoms with Crippen LogP contribution in [0.15, 0.2) is 30.3 Å². The average Bonchev–Trinajstić information content (AvgIpc) is 3.09. The van der Waals surface area contributed by atoms with Crippen LogP contribution in [0.5, 0.6) is 11.5 Å². The fraction of sp³-hybridized carbons (Fsp3) is 0.273. The lowest BCUT2D eigenvalue weighted by Crippen LogP contribution is -2.24. The lowest BCUT2D eigenvalue weighted by molar-refractivity contribution is -0.119. The van der Waals surface area contributed by atoms with Crippen molar-refractivity contribution in [3.8, 4) is 11.5 Å². The van der Waals surface area contributed by atoms with Crippen molar-refractivity contribution in [3.63, 3.8) is 0 Å². The molecule has 164 valence electrons. The number of halogens is 2. The maximum absolute atomic E-state index is 12.6. The number of nitrogens with two attached hydrogens (primary N) is 1. The maximum atomic E-state index is 12.6. The minimum Gasteiger partial charge on any atom is -0.493 e. The van der Waals surface area contributed by atoms with Crippen LogP contribution in [0.4, 0.5) is 0 Å². The van der Waals surface area contributed by atoms with Crippen molar-refractivity contribution in [2.45, 2.75) is 19.3 Å². The van der Waals surface area contributed by atoms with Gasteiger partial charge in [-0.3, -0.25) is 4.79 Å². The molecule has 0 aliphatic rings. The van der Waals surface area contributed by atoms with Gasteiger partial charge < -0.3 is 24.9 Å². The molecule has 0 aliphatic heterocycles. The van der Waals surface area contributed by atoms with Gasteiger partial charge in [-0.1, -0.05) is 29.3 Å². The molecule has 7 nitrogen and oxygen atoms in total. The number of hydrogen-bond donors (Lipinski definition) is 2. The van der Waals surface area contributed by atoms with Crippen molar-refractivity contribution < 1.29 is 23.8 Å². The van der Waals surface area contributed by atoms with Crippen molar-refractivity contribution in [1.82, 2.24) is 4.98 Å². The number of fused-ring (bicyclic) bond motifs is 1. The lowest BCUT2D eigenvalue weighted by Gasteiger charge is -2.17.